The van der Waals surface area contributed by atoms with Crippen LogP contribution in [0.1, 0.15) is 15.9 Å². The van der Waals surface area contributed by atoms with E-state index in [0.717, 1.165) is 22.5 Å². The average molecular weight is 252 g/mol. The number of aromatic nitrogens is 2. The minimum atomic E-state index is -0.919. The van der Waals surface area contributed by atoms with Gasteiger partial charge in [0.15, 0.2) is 0 Å². The van der Waals surface area contributed by atoms with Gasteiger partial charge in [0, 0.05) is 18.0 Å². The quantitative estimate of drug-likeness (QED) is 0.762. The van der Waals surface area contributed by atoms with Gasteiger partial charge in [-0.2, -0.15) is 0 Å². The van der Waals surface area contributed by atoms with Crippen LogP contribution < -0.4 is 0 Å². The number of carbonyl (C=O) groups is 1. The number of hydrogen-bond donors (Lipinski definition) is 1. The monoisotopic (exact) mass is 252 g/mol. The molecule has 3 aromatic rings. The van der Waals surface area contributed by atoms with Gasteiger partial charge in [0.25, 0.3) is 0 Å². The molecule has 19 heavy (non-hydrogen) atoms. The summed E-state index contributed by atoms with van der Waals surface area (Å²) in [6, 6.07) is 10.7. The number of carboxylic acids is 1. The Bertz CT molecular complexity index is 757. The third kappa shape index (κ3) is 2.08. The van der Waals surface area contributed by atoms with Crippen LogP contribution in [0.3, 0.4) is 0 Å². The maximum absolute atomic E-state index is 10.8. The molecule has 0 amide bonds. The van der Waals surface area contributed by atoms with Crippen LogP contribution >= 0.6 is 0 Å². The Labute approximate surface area is 110 Å². The first-order valence-electron chi connectivity index (χ1n) is 5.92. The number of carboxylic acid groups (broad SMARTS) is 1. The van der Waals surface area contributed by atoms with E-state index in [2.05, 4.69) is 4.98 Å². The maximum atomic E-state index is 10.8. The first-order valence-corrected chi connectivity index (χ1v) is 5.92. The molecule has 0 atom stereocenters. The number of hydrogen-bond acceptors (Lipinski definition) is 2. The SMILES string of the molecule is Cc1ccc2nc(-c3ccc(C(=O)O)cc3)cn2c1. The van der Waals surface area contributed by atoms with Crippen molar-refractivity contribution in [2.75, 3.05) is 0 Å². The van der Waals surface area contributed by atoms with E-state index in [0.29, 0.717) is 0 Å². The van der Waals surface area contributed by atoms with Crippen LogP contribution in [0, 0.1) is 6.92 Å². The number of fused-ring (bicyclic) bond motifs is 1. The van der Waals surface area contributed by atoms with Crippen LogP contribution in [-0.2, 0) is 0 Å². The average Bonchev–Trinajstić information content (AvgIpc) is 2.81. The first-order chi connectivity index (χ1) is 9.13. The highest BCUT2D eigenvalue weighted by Crippen LogP contribution is 2.20. The molecule has 4 nitrogen and oxygen atoms in total. The number of pyridine rings is 1. The molecule has 3 rings (SSSR count). The fraction of sp³-hybridized carbons (Fsp3) is 0.0667. The molecule has 0 saturated heterocycles. The third-order valence-electron chi connectivity index (χ3n) is 3.03. The zero-order chi connectivity index (χ0) is 13.4. The van der Waals surface area contributed by atoms with Gasteiger partial charge in [0.2, 0.25) is 0 Å². The van der Waals surface area contributed by atoms with E-state index in [-0.39, 0.29) is 5.56 Å². The summed E-state index contributed by atoms with van der Waals surface area (Å²) >= 11 is 0. The summed E-state index contributed by atoms with van der Waals surface area (Å²) in [6.45, 7) is 2.03. The van der Waals surface area contributed by atoms with Gasteiger partial charge < -0.3 is 9.51 Å². The number of aryl methyl sites for hydroxylation is 1. The molecular weight excluding hydrogens is 240 g/mol. The number of nitrogens with zero attached hydrogens (tertiary/aromatic N) is 2. The lowest BCUT2D eigenvalue weighted by atomic mass is 10.1. The molecule has 0 aliphatic carbocycles. The van der Waals surface area contributed by atoms with Gasteiger partial charge in [-0.05, 0) is 30.7 Å². The molecule has 1 N–H and O–H groups in total. The molecule has 0 radical (unpaired) electrons. The van der Waals surface area contributed by atoms with E-state index in [4.69, 9.17) is 5.11 Å². The van der Waals surface area contributed by atoms with E-state index in [1.165, 1.54) is 0 Å². The Morgan fingerprint density at radius 1 is 1.11 bits per heavy atom. The molecule has 0 aliphatic rings. The van der Waals surface area contributed by atoms with Crippen molar-refractivity contribution in [3.63, 3.8) is 0 Å². The van der Waals surface area contributed by atoms with E-state index in [1.807, 2.05) is 35.9 Å². The summed E-state index contributed by atoms with van der Waals surface area (Å²) in [5, 5.41) is 8.87. The van der Waals surface area contributed by atoms with Gasteiger partial charge in [0.1, 0.15) is 5.65 Å². The van der Waals surface area contributed by atoms with Crippen molar-refractivity contribution in [2.45, 2.75) is 6.92 Å². The smallest absolute Gasteiger partial charge is 0.335 e. The fourth-order valence-electron chi connectivity index (χ4n) is 2.03. The number of benzene rings is 1. The summed E-state index contributed by atoms with van der Waals surface area (Å²) in [6.07, 6.45) is 3.95. The topological polar surface area (TPSA) is 54.6 Å². The zero-order valence-electron chi connectivity index (χ0n) is 10.4. The normalized spacial score (nSPS) is 10.8. The Hall–Kier alpha value is -2.62. The second-order valence-electron chi connectivity index (χ2n) is 4.48. The molecule has 4 heteroatoms. The highest BCUT2D eigenvalue weighted by Gasteiger charge is 2.06. The van der Waals surface area contributed by atoms with Gasteiger partial charge in [-0.15, -0.1) is 0 Å². The Morgan fingerprint density at radius 3 is 2.53 bits per heavy atom. The van der Waals surface area contributed by atoms with Gasteiger partial charge in [-0.3, -0.25) is 0 Å². The second-order valence-corrected chi connectivity index (χ2v) is 4.48. The van der Waals surface area contributed by atoms with Crippen molar-refractivity contribution < 1.29 is 9.90 Å². The molecule has 0 aliphatic heterocycles. The van der Waals surface area contributed by atoms with Crippen LogP contribution in [0.2, 0.25) is 0 Å². The van der Waals surface area contributed by atoms with Crippen molar-refractivity contribution in [3.8, 4) is 11.3 Å². The Morgan fingerprint density at radius 2 is 1.84 bits per heavy atom. The fourth-order valence-corrected chi connectivity index (χ4v) is 2.03. The largest absolute Gasteiger partial charge is 0.478 e. The minimum absolute atomic E-state index is 0.281. The van der Waals surface area contributed by atoms with Crippen molar-refractivity contribution in [2.24, 2.45) is 0 Å². The lowest BCUT2D eigenvalue weighted by Gasteiger charge is -1.97. The second kappa shape index (κ2) is 4.24. The van der Waals surface area contributed by atoms with Crippen LogP contribution in [-0.4, -0.2) is 20.5 Å². The van der Waals surface area contributed by atoms with Crippen molar-refractivity contribution in [1.29, 1.82) is 0 Å². The summed E-state index contributed by atoms with van der Waals surface area (Å²) < 4.78 is 1.97. The lowest BCUT2D eigenvalue weighted by Crippen LogP contribution is -1.94. The molecule has 0 bridgehead atoms. The van der Waals surface area contributed by atoms with Gasteiger partial charge in [0.05, 0.1) is 11.3 Å². The first kappa shape index (κ1) is 11.5. The summed E-state index contributed by atoms with van der Waals surface area (Å²) in [5.41, 5.74) is 4.07. The van der Waals surface area contributed by atoms with Crippen LogP contribution in [0.15, 0.2) is 48.8 Å². The van der Waals surface area contributed by atoms with Gasteiger partial charge in [-0.1, -0.05) is 18.2 Å². The molecule has 2 heterocycles. The van der Waals surface area contributed by atoms with E-state index in [9.17, 15) is 4.79 Å². The number of imidazole rings is 1. The molecule has 2 aromatic heterocycles. The van der Waals surface area contributed by atoms with E-state index < -0.39 is 5.97 Å². The zero-order valence-corrected chi connectivity index (χ0v) is 10.4. The molecule has 1 aromatic carbocycles. The van der Waals surface area contributed by atoms with E-state index in [1.54, 1.807) is 24.3 Å². The van der Waals surface area contributed by atoms with Crippen molar-refractivity contribution in [3.05, 3.63) is 59.9 Å². The molecular formula is C15H12N2O2. The minimum Gasteiger partial charge on any atom is -0.478 e. The van der Waals surface area contributed by atoms with Gasteiger partial charge >= 0.3 is 5.97 Å². The van der Waals surface area contributed by atoms with Crippen LogP contribution in [0.25, 0.3) is 16.9 Å². The predicted molar refractivity (Wildman–Crippen MR) is 72.3 cm³/mol. The van der Waals surface area contributed by atoms with Crippen molar-refractivity contribution in [1.82, 2.24) is 9.38 Å². The summed E-state index contributed by atoms with van der Waals surface area (Å²) in [5.74, 6) is -0.919. The lowest BCUT2D eigenvalue weighted by molar-refractivity contribution is 0.0697. The molecule has 94 valence electrons. The third-order valence-corrected chi connectivity index (χ3v) is 3.03. The Balaban J connectivity index is 2.06. The highest BCUT2D eigenvalue weighted by molar-refractivity contribution is 5.88. The van der Waals surface area contributed by atoms with Crippen LogP contribution in [0.4, 0.5) is 0 Å². The molecule has 0 unspecified atom stereocenters. The summed E-state index contributed by atoms with van der Waals surface area (Å²) in [4.78, 5) is 15.3. The Kier molecular flexibility index (Phi) is 2.56. The molecule has 0 saturated carbocycles. The van der Waals surface area contributed by atoms with Crippen LogP contribution in [0.5, 0.6) is 0 Å². The predicted octanol–water partition coefficient (Wildman–Crippen LogP) is 3.01. The standard InChI is InChI=1S/C15H12N2O2/c1-10-2-7-14-16-13(9-17(14)8-10)11-3-5-12(6-4-11)15(18)19/h2-9H,1H3,(H,18,19). The number of rotatable bonds is 2. The van der Waals surface area contributed by atoms with Crippen molar-refractivity contribution >= 4 is 11.6 Å². The highest BCUT2D eigenvalue weighted by atomic mass is 16.4. The molecule has 0 fully saturated rings. The molecule has 0 spiro atoms. The maximum Gasteiger partial charge on any atom is 0.335 e. The summed E-state index contributed by atoms with van der Waals surface area (Å²) in [7, 11) is 0. The van der Waals surface area contributed by atoms with Gasteiger partial charge in [-0.25, -0.2) is 9.78 Å². The number of aromatic carboxylic acids is 1. The van der Waals surface area contributed by atoms with E-state index >= 15 is 0 Å².